The van der Waals surface area contributed by atoms with Crippen LogP contribution in [0.3, 0.4) is 0 Å². The van der Waals surface area contributed by atoms with Crippen LogP contribution in [-0.2, 0) is 6.54 Å². The van der Waals surface area contributed by atoms with Gasteiger partial charge >= 0.3 is 0 Å². The Hall–Kier alpha value is -2.86. The molecule has 1 fully saturated rings. The average molecular weight is 393 g/mol. The van der Waals surface area contributed by atoms with Crippen LogP contribution in [0.1, 0.15) is 43.2 Å². The summed E-state index contributed by atoms with van der Waals surface area (Å²) < 4.78 is 16.2. The fraction of sp³-hybridized carbons (Fsp3) is 0.391. The minimum absolute atomic E-state index is 0.343. The maximum atomic E-state index is 5.59. The van der Waals surface area contributed by atoms with E-state index in [2.05, 4.69) is 27.2 Å². The highest BCUT2D eigenvalue weighted by molar-refractivity contribution is 5.56. The van der Waals surface area contributed by atoms with E-state index in [0.717, 1.165) is 30.0 Å². The average Bonchev–Trinajstić information content (AvgIpc) is 3.12. The van der Waals surface area contributed by atoms with Crippen molar-refractivity contribution in [2.45, 2.75) is 38.3 Å². The van der Waals surface area contributed by atoms with Crippen molar-refractivity contribution in [2.24, 2.45) is 0 Å². The highest BCUT2D eigenvalue weighted by Gasteiger charge is 2.25. The van der Waals surface area contributed by atoms with Gasteiger partial charge in [-0.05, 0) is 49.2 Å². The van der Waals surface area contributed by atoms with Crippen LogP contribution in [0.25, 0.3) is 11.4 Å². The maximum absolute atomic E-state index is 5.59. The van der Waals surface area contributed by atoms with Crippen LogP contribution in [0.5, 0.6) is 11.5 Å². The van der Waals surface area contributed by atoms with Gasteiger partial charge in [0.15, 0.2) is 0 Å². The summed E-state index contributed by atoms with van der Waals surface area (Å²) in [5, 5.41) is 4.19. The molecule has 152 valence electrons. The zero-order valence-corrected chi connectivity index (χ0v) is 17.0. The molecule has 2 aromatic carbocycles. The van der Waals surface area contributed by atoms with Gasteiger partial charge in [0.1, 0.15) is 11.5 Å². The van der Waals surface area contributed by atoms with Crippen molar-refractivity contribution >= 4 is 0 Å². The lowest BCUT2D eigenvalue weighted by Crippen LogP contribution is -2.28. The summed E-state index contributed by atoms with van der Waals surface area (Å²) in [6, 6.07) is 16.5. The molecule has 0 bridgehead atoms. The first-order valence-corrected chi connectivity index (χ1v) is 10.1. The minimum atomic E-state index is 0.343. The SMILES string of the molecule is COc1ccc(C2CCCCCN2Cc2nc(-c3cccc(OC)c3)no2)cc1. The Morgan fingerprint density at radius 2 is 1.83 bits per heavy atom. The van der Waals surface area contributed by atoms with Crippen LogP contribution in [0, 0.1) is 0 Å². The second kappa shape index (κ2) is 9.09. The molecule has 1 aliphatic heterocycles. The van der Waals surface area contributed by atoms with Gasteiger partial charge < -0.3 is 14.0 Å². The molecule has 6 nitrogen and oxygen atoms in total. The molecule has 3 aromatic rings. The quantitative estimate of drug-likeness (QED) is 0.595. The van der Waals surface area contributed by atoms with E-state index in [1.807, 2.05) is 36.4 Å². The number of ether oxygens (including phenoxy) is 2. The summed E-state index contributed by atoms with van der Waals surface area (Å²) in [6.07, 6.45) is 4.79. The molecule has 2 heterocycles. The highest BCUT2D eigenvalue weighted by Crippen LogP contribution is 2.32. The van der Waals surface area contributed by atoms with Gasteiger partial charge in [-0.3, -0.25) is 4.90 Å². The second-order valence-electron chi connectivity index (χ2n) is 7.35. The predicted octanol–water partition coefficient (Wildman–Crippen LogP) is 4.87. The van der Waals surface area contributed by atoms with Crippen LogP contribution < -0.4 is 9.47 Å². The number of nitrogens with zero attached hydrogens (tertiary/aromatic N) is 3. The number of aromatic nitrogens is 2. The summed E-state index contributed by atoms with van der Waals surface area (Å²) >= 11 is 0. The number of methoxy groups -OCH3 is 2. The molecule has 0 saturated carbocycles. The van der Waals surface area contributed by atoms with Crippen molar-refractivity contribution in [2.75, 3.05) is 20.8 Å². The number of hydrogen-bond acceptors (Lipinski definition) is 6. The van der Waals surface area contributed by atoms with Gasteiger partial charge in [-0.1, -0.05) is 42.3 Å². The van der Waals surface area contributed by atoms with E-state index in [4.69, 9.17) is 14.0 Å². The standard InChI is InChI=1S/C23H27N3O3/c1-27-19-12-10-17(11-13-19)21-9-4-3-5-14-26(21)16-22-24-23(25-29-22)18-7-6-8-20(15-18)28-2/h6-8,10-13,15,21H,3-5,9,14,16H2,1-2H3. The lowest BCUT2D eigenvalue weighted by atomic mass is 10.0. The zero-order valence-electron chi connectivity index (χ0n) is 17.0. The molecular weight excluding hydrogens is 366 g/mol. The van der Waals surface area contributed by atoms with Gasteiger partial charge in [-0.15, -0.1) is 0 Å². The lowest BCUT2D eigenvalue weighted by molar-refractivity contribution is 0.168. The van der Waals surface area contributed by atoms with E-state index >= 15 is 0 Å². The molecule has 0 N–H and O–H groups in total. The van der Waals surface area contributed by atoms with Gasteiger partial charge in [-0.25, -0.2) is 0 Å². The topological polar surface area (TPSA) is 60.6 Å². The van der Waals surface area contributed by atoms with Crippen molar-refractivity contribution in [1.82, 2.24) is 15.0 Å². The van der Waals surface area contributed by atoms with Crippen LogP contribution in [0.15, 0.2) is 53.1 Å². The van der Waals surface area contributed by atoms with Gasteiger partial charge in [0.25, 0.3) is 0 Å². The van der Waals surface area contributed by atoms with Gasteiger partial charge in [0.05, 0.1) is 20.8 Å². The molecule has 6 heteroatoms. The number of likely N-dealkylation sites (tertiary alicyclic amines) is 1. The molecule has 29 heavy (non-hydrogen) atoms. The first-order valence-electron chi connectivity index (χ1n) is 10.1. The lowest BCUT2D eigenvalue weighted by Gasteiger charge is -2.29. The summed E-state index contributed by atoms with van der Waals surface area (Å²) in [7, 11) is 3.35. The van der Waals surface area contributed by atoms with Crippen LogP contribution in [-0.4, -0.2) is 35.8 Å². The maximum Gasteiger partial charge on any atom is 0.241 e. The smallest absolute Gasteiger partial charge is 0.241 e. The monoisotopic (exact) mass is 393 g/mol. The van der Waals surface area contributed by atoms with E-state index in [0.29, 0.717) is 24.3 Å². The third-order valence-electron chi connectivity index (χ3n) is 5.50. The molecule has 0 amide bonds. The molecule has 1 unspecified atom stereocenters. The number of rotatable bonds is 6. The van der Waals surface area contributed by atoms with Crippen molar-refractivity contribution in [3.8, 4) is 22.9 Å². The van der Waals surface area contributed by atoms with Crippen molar-refractivity contribution in [3.63, 3.8) is 0 Å². The van der Waals surface area contributed by atoms with E-state index in [1.54, 1.807) is 14.2 Å². The summed E-state index contributed by atoms with van der Waals surface area (Å²) in [4.78, 5) is 7.10. The van der Waals surface area contributed by atoms with Gasteiger partial charge in [0.2, 0.25) is 11.7 Å². The Bertz CT molecular complexity index is 923. The molecule has 1 saturated heterocycles. The van der Waals surface area contributed by atoms with E-state index in [1.165, 1.54) is 24.8 Å². The molecule has 0 aliphatic carbocycles. The third-order valence-corrected chi connectivity index (χ3v) is 5.50. The fourth-order valence-electron chi connectivity index (χ4n) is 3.93. The molecule has 4 rings (SSSR count). The van der Waals surface area contributed by atoms with Crippen molar-refractivity contribution in [1.29, 1.82) is 0 Å². The van der Waals surface area contributed by atoms with Gasteiger partial charge in [-0.2, -0.15) is 4.98 Å². The fourth-order valence-corrected chi connectivity index (χ4v) is 3.93. The Morgan fingerprint density at radius 3 is 2.62 bits per heavy atom. The zero-order chi connectivity index (χ0) is 20.1. The Balaban J connectivity index is 1.53. The Kier molecular flexibility index (Phi) is 6.10. The third kappa shape index (κ3) is 4.59. The predicted molar refractivity (Wildman–Crippen MR) is 111 cm³/mol. The normalized spacial score (nSPS) is 17.7. The first-order chi connectivity index (χ1) is 14.3. The van der Waals surface area contributed by atoms with Crippen LogP contribution in [0.4, 0.5) is 0 Å². The molecular formula is C23H27N3O3. The van der Waals surface area contributed by atoms with E-state index < -0.39 is 0 Å². The Morgan fingerprint density at radius 1 is 1.00 bits per heavy atom. The minimum Gasteiger partial charge on any atom is -0.497 e. The summed E-state index contributed by atoms with van der Waals surface area (Å²) in [5.41, 5.74) is 2.20. The summed E-state index contributed by atoms with van der Waals surface area (Å²) in [6.45, 7) is 1.67. The van der Waals surface area contributed by atoms with Crippen molar-refractivity contribution < 1.29 is 14.0 Å². The first kappa shape index (κ1) is 19.5. The molecule has 1 aliphatic rings. The largest absolute Gasteiger partial charge is 0.497 e. The Labute approximate surface area is 171 Å². The van der Waals surface area contributed by atoms with Crippen LogP contribution in [0.2, 0.25) is 0 Å². The molecule has 1 aromatic heterocycles. The molecule has 0 spiro atoms. The summed E-state index contributed by atoms with van der Waals surface area (Å²) in [5.74, 6) is 2.90. The van der Waals surface area contributed by atoms with Crippen molar-refractivity contribution in [3.05, 3.63) is 60.0 Å². The van der Waals surface area contributed by atoms with E-state index in [-0.39, 0.29) is 0 Å². The molecule has 1 atom stereocenters. The van der Waals surface area contributed by atoms with Crippen LogP contribution >= 0.6 is 0 Å². The van der Waals surface area contributed by atoms with E-state index in [9.17, 15) is 0 Å². The number of hydrogen-bond donors (Lipinski definition) is 0. The highest BCUT2D eigenvalue weighted by atomic mass is 16.5. The molecule has 0 radical (unpaired) electrons. The number of benzene rings is 2. The second-order valence-corrected chi connectivity index (χ2v) is 7.35. The van der Waals surface area contributed by atoms with Gasteiger partial charge in [0, 0.05) is 11.6 Å².